The highest BCUT2D eigenvalue weighted by atomic mass is 79.9. The number of ether oxygens (including phenoxy) is 1. The molecule has 2 N–H and O–H groups in total. The van der Waals surface area contributed by atoms with Crippen molar-refractivity contribution in [2.45, 2.75) is 89.4 Å². The van der Waals surface area contributed by atoms with Gasteiger partial charge in [-0.3, -0.25) is 9.62 Å². The van der Waals surface area contributed by atoms with Gasteiger partial charge in [-0.25, -0.2) is 26.8 Å². The van der Waals surface area contributed by atoms with Gasteiger partial charge < -0.3 is 15.0 Å². The molecule has 1 aromatic heterocycles. The van der Waals surface area contributed by atoms with E-state index >= 15 is 0 Å². The van der Waals surface area contributed by atoms with Crippen LogP contribution in [-0.4, -0.2) is 99.8 Å². The van der Waals surface area contributed by atoms with Crippen LogP contribution in [0, 0.1) is 0 Å². The lowest BCUT2D eigenvalue weighted by atomic mass is 9.77. The van der Waals surface area contributed by atoms with E-state index in [1.807, 2.05) is 67.5 Å². The monoisotopic (exact) mass is 924 g/mol. The lowest BCUT2D eigenvalue weighted by molar-refractivity contribution is -0.0567. The highest BCUT2D eigenvalue weighted by Crippen LogP contribution is 2.40. The standard InChI is InChI=1S/C40H48BrF3N6O5S3/c1-49(2)21-17-29(26-56-31-10-5-4-6-11-31)47-35-14-13-32(23-37(35)57(51,52)40(42,43)44)58(53,54)48-38-33-18-22-50(25-36(33)45-27-46-38)30-15-19-39(55-3,20-16-30)24-28-9-7-8-12-34(28)41/h4-14,23,27,29-30,47H,15-22,24-26H2,1-3H3,(H,45,46,48). The molecule has 2 heterocycles. The molecular weight excluding hydrogens is 878 g/mol. The number of hydrogen-bond donors (Lipinski definition) is 2. The van der Waals surface area contributed by atoms with Crippen LogP contribution in [0.15, 0.2) is 98.3 Å². The van der Waals surface area contributed by atoms with E-state index in [1.54, 1.807) is 7.11 Å². The highest BCUT2D eigenvalue weighted by molar-refractivity contribution is 9.10. The van der Waals surface area contributed by atoms with Gasteiger partial charge in [-0.2, -0.15) is 13.2 Å². The van der Waals surface area contributed by atoms with Crippen LogP contribution in [0.25, 0.3) is 0 Å². The summed E-state index contributed by atoms with van der Waals surface area (Å²) in [5.41, 5.74) is -3.87. The first-order valence-corrected chi connectivity index (χ1v) is 23.7. The Morgan fingerprint density at radius 2 is 1.72 bits per heavy atom. The molecule has 6 rings (SSSR count). The average Bonchev–Trinajstić information content (AvgIpc) is 3.19. The number of hydrogen-bond acceptors (Lipinski definition) is 11. The van der Waals surface area contributed by atoms with Gasteiger partial charge in [-0.1, -0.05) is 52.3 Å². The molecule has 1 unspecified atom stereocenters. The van der Waals surface area contributed by atoms with Crippen LogP contribution < -0.4 is 10.0 Å². The van der Waals surface area contributed by atoms with Crippen LogP contribution in [0.2, 0.25) is 0 Å². The smallest absolute Gasteiger partial charge is 0.380 e. The number of nitrogens with one attached hydrogen (secondary N) is 2. The number of alkyl halides is 3. The summed E-state index contributed by atoms with van der Waals surface area (Å²) in [4.78, 5) is 12.0. The molecule has 0 spiro atoms. The second kappa shape index (κ2) is 18.6. The van der Waals surface area contributed by atoms with Gasteiger partial charge in [0.15, 0.2) is 0 Å². The maximum Gasteiger partial charge on any atom is 0.501 e. The topological polar surface area (TPSA) is 134 Å². The Kier molecular flexibility index (Phi) is 14.2. The summed E-state index contributed by atoms with van der Waals surface area (Å²) < 4.78 is 106. The molecule has 11 nitrogen and oxygen atoms in total. The molecular formula is C40H48BrF3N6O5S3. The maximum absolute atomic E-state index is 14.1. The maximum atomic E-state index is 14.1. The fourth-order valence-electron chi connectivity index (χ4n) is 7.58. The van der Waals surface area contributed by atoms with Crippen LogP contribution in [0.1, 0.15) is 48.9 Å². The van der Waals surface area contributed by atoms with Gasteiger partial charge in [-0.15, -0.1) is 11.8 Å². The van der Waals surface area contributed by atoms with E-state index in [0.717, 1.165) is 53.6 Å². The van der Waals surface area contributed by atoms with Gasteiger partial charge in [0.05, 0.1) is 21.9 Å². The van der Waals surface area contributed by atoms with Crippen LogP contribution in [0.4, 0.5) is 24.7 Å². The number of thioether (sulfide) groups is 1. The van der Waals surface area contributed by atoms with E-state index in [2.05, 4.69) is 46.9 Å². The van der Waals surface area contributed by atoms with Gasteiger partial charge in [0.2, 0.25) is 0 Å². The second-order valence-corrected chi connectivity index (χ2v) is 20.6. The highest BCUT2D eigenvalue weighted by Gasteiger charge is 2.48. The van der Waals surface area contributed by atoms with Crippen molar-refractivity contribution >= 4 is 59.1 Å². The molecule has 0 amide bonds. The van der Waals surface area contributed by atoms with Crippen molar-refractivity contribution < 1.29 is 34.7 Å². The van der Waals surface area contributed by atoms with Gasteiger partial charge in [-0.05, 0) is 101 Å². The molecule has 1 aliphatic carbocycles. The molecule has 3 aromatic carbocycles. The van der Waals surface area contributed by atoms with Crippen molar-refractivity contribution in [3.63, 3.8) is 0 Å². The lowest BCUT2D eigenvalue weighted by Gasteiger charge is -2.44. The zero-order valence-electron chi connectivity index (χ0n) is 32.5. The Hall–Kier alpha value is -3.26. The summed E-state index contributed by atoms with van der Waals surface area (Å²) in [6, 6.07) is 20.1. The van der Waals surface area contributed by atoms with Crippen molar-refractivity contribution in [1.82, 2.24) is 19.8 Å². The van der Waals surface area contributed by atoms with Gasteiger partial charge in [0, 0.05) is 59.4 Å². The normalized spacial score (nSPS) is 19.8. The van der Waals surface area contributed by atoms with Crippen molar-refractivity contribution in [3.05, 3.63) is 100 Å². The van der Waals surface area contributed by atoms with E-state index in [4.69, 9.17) is 4.74 Å². The molecule has 0 bridgehead atoms. The number of sulfonamides is 1. The Morgan fingerprint density at radius 1 is 1.02 bits per heavy atom. The molecule has 0 saturated heterocycles. The Balaban J connectivity index is 1.19. The lowest BCUT2D eigenvalue weighted by Crippen LogP contribution is -2.47. The molecule has 314 valence electrons. The number of anilines is 2. The molecule has 2 aliphatic rings. The first-order chi connectivity index (χ1) is 27.5. The second-order valence-electron chi connectivity index (χ2n) is 15.0. The molecule has 1 aliphatic heterocycles. The SMILES string of the molecule is COC1(Cc2ccccc2Br)CCC(N2CCc3c(ncnc3NS(=O)(=O)c3ccc(NC(CCN(C)C)CSc4ccccc4)c(S(=O)(=O)C(F)(F)F)c3)C2)CC1. The Bertz CT molecular complexity index is 2260. The minimum Gasteiger partial charge on any atom is -0.380 e. The van der Waals surface area contributed by atoms with E-state index < -0.39 is 41.2 Å². The Morgan fingerprint density at radius 3 is 2.40 bits per heavy atom. The molecule has 58 heavy (non-hydrogen) atoms. The van der Waals surface area contributed by atoms with Crippen LogP contribution >= 0.6 is 27.7 Å². The third-order valence-corrected chi connectivity index (χ3v) is 15.7. The third kappa shape index (κ3) is 10.5. The predicted octanol–water partition coefficient (Wildman–Crippen LogP) is 7.79. The number of benzene rings is 3. The van der Waals surface area contributed by atoms with Gasteiger partial charge >= 0.3 is 5.51 Å². The number of sulfone groups is 1. The number of halogens is 4. The zero-order valence-corrected chi connectivity index (χ0v) is 36.5. The number of aromatic nitrogens is 2. The van der Waals surface area contributed by atoms with Crippen molar-refractivity contribution in [2.24, 2.45) is 0 Å². The number of nitrogens with zero attached hydrogens (tertiary/aromatic N) is 4. The first kappa shape index (κ1) is 44.3. The van der Waals surface area contributed by atoms with E-state index in [9.17, 15) is 30.0 Å². The van der Waals surface area contributed by atoms with Crippen molar-refractivity contribution in [3.8, 4) is 0 Å². The summed E-state index contributed by atoms with van der Waals surface area (Å²) in [6.07, 6.45) is 6.52. The van der Waals surface area contributed by atoms with Crippen LogP contribution in [0.3, 0.4) is 0 Å². The fraction of sp³-hybridized carbons (Fsp3) is 0.450. The Labute approximate surface area is 351 Å². The van der Waals surface area contributed by atoms with Crippen LogP contribution in [0.5, 0.6) is 0 Å². The summed E-state index contributed by atoms with van der Waals surface area (Å²) in [7, 11) is -5.11. The quantitative estimate of drug-likeness (QED) is 0.107. The largest absolute Gasteiger partial charge is 0.501 e. The molecule has 4 aromatic rings. The van der Waals surface area contributed by atoms with Crippen molar-refractivity contribution in [2.75, 3.05) is 50.1 Å². The summed E-state index contributed by atoms with van der Waals surface area (Å²) >= 11 is 5.13. The van der Waals surface area contributed by atoms with E-state index in [-0.39, 0.29) is 23.1 Å². The summed E-state index contributed by atoms with van der Waals surface area (Å²) in [6.45, 7) is 1.65. The molecule has 1 fully saturated rings. The van der Waals surface area contributed by atoms with Crippen molar-refractivity contribution in [1.29, 1.82) is 0 Å². The summed E-state index contributed by atoms with van der Waals surface area (Å²) in [5, 5.41) is 3.00. The minimum absolute atomic E-state index is 0.00393. The average molecular weight is 926 g/mol. The number of rotatable bonds is 16. The number of fused-ring (bicyclic) bond motifs is 1. The van der Waals surface area contributed by atoms with Gasteiger partial charge in [0.1, 0.15) is 17.0 Å². The summed E-state index contributed by atoms with van der Waals surface area (Å²) in [5.74, 6) is 0.409. The minimum atomic E-state index is -5.98. The van der Waals surface area contributed by atoms with E-state index in [0.29, 0.717) is 55.6 Å². The number of methoxy groups -OCH3 is 1. The molecule has 18 heteroatoms. The van der Waals surface area contributed by atoms with Gasteiger partial charge in [0.25, 0.3) is 19.9 Å². The van der Waals surface area contributed by atoms with Crippen LogP contribution in [-0.2, 0) is 44.0 Å². The predicted molar refractivity (Wildman–Crippen MR) is 224 cm³/mol. The first-order valence-electron chi connectivity index (χ1n) is 18.9. The molecule has 0 radical (unpaired) electrons. The third-order valence-electron chi connectivity index (χ3n) is 10.9. The molecule has 1 saturated carbocycles. The fourth-order valence-corrected chi connectivity index (χ4v) is 11.1. The zero-order chi connectivity index (χ0) is 41.7. The van der Waals surface area contributed by atoms with E-state index in [1.165, 1.54) is 23.7 Å². The molecule has 1 atom stereocenters.